The Hall–Kier alpha value is -4.26. The van der Waals surface area contributed by atoms with Gasteiger partial charge in [0, 0.05) is 35.3 Å². The van der Waals surface area contributed by atoms with Crippen molar-refractivity contribution in [2.45, 2.75) is 43.0 Å². The molecule has 0 aliphatic carbocycles. The minimum atomic E-state index is -1.08. The van der Waals surface area contributed by atoms with E-state index in [9.17, 15) is 14.3 Å². The monoisotopic (exact) mass is 604 g/mol. The first-order valence-corrected chi connectivity index (χ1v) is 14.4. The number of nitrogens with one attached hydrogen (secondary N) is 1. The quantitative estimate of drug-likeness (QED) is 0.0773. The molecule has 0 saturated heterocycles. The summed E-state index contributed by atoms with van der Waals surface area (Å²) in [6.07, 6.45) is 2.50. The van der Waals surface area contributed by atoms with E-state index in [2.05, 4.69) is 25.7 Å². The van der Waals surface area contributed by atoms with E-state index in [4.69, 9.17) is 32.5 Å². The Kier molecular flexibility index (Phi) is 9.61. The lowest BCUT2D eigenvalue weighted by Gasteiger charge is -2.28. The average molecular weight is 605 g/mol. The molecule has 4 N–H and O–H groups in total. The smallest absolute Gasteiger partial charge is 0.336 e. The number of methoxy groups -OCH3 is 1. The van der Waals surface area contributed by atoms with Crippen LogP contribution in [0.1, 0.15) is 59.4 Å². The van der Waals surface area contributed by atoms with Crippen molar-refractivity contribution in [2.24, 2.45) is 5.73 Å². The normalized spacial score (nSPS) is 11.1. The number of nitrogens with zero attached hydrogens (tertiary/aromatic N) is 2. The molecule has 42 heavy (non-hydrogen) atoms. The number of halogens is 2. The average Bonchev–Trinajstić information content (AvgIpc) is 3.39. The lowest BCUT2D eigenvalue weighted by atomic mass is 9.81. The highest BCUT2D eigenvalue weighted by molar-refractivity contribution is 7.98. The first-order chi connectivity index (χ1) is 20.0. The molecule has 0 radical (unpaired) electrons. The Morgan fingerprint density at radius 1 is 1.19 bits per heavy atom. The van der Waals surface area contributed by atoms with Gasteiger partial charge in [0.1, 0.15) is 11.6 Å². The van der Waals surface area contributed by atoms with Crippen molar-refractivity contribution in [1.29, 1.82) is 5.41 Å². The summed E-state index contributed by atoms with van der Waals surface area (Å²) in [5.41, 5.74) is 8.66. The molecule has 3 aromatic carbocycles. The van der Waals surface area contributed by atoms with Gasteiger partial charge in [0.25, 0.3) is 0 Å². The van der Waals surface area contributed by atoms with Gasteiger partial charge in [-0.3, -0.25) is 9.98 Å². The fraction of sp³-hybridized carbons (Fsp3) is 0.219. The van der Waals surface area contributed by atoms with E-state index in [-0.39, 0.29) is 17.2 Å². The van der Waals surface area contributed by atoms with E-state index < -0.39 is 11.4 Å². The molecule has 0 fully saturated rings. The second-order valence-corrected chi connectivity index (χ2v) is 11.4. The van der Waals surface area contributed by atoms with Crippen molar-refractivity contribution in [1.82, 2.24) is 9.55 Å². The molecule has 1 aromatic heterocycles. The van der Waals surface area contributed by atoms with Gasteiger partial charge in [0.2, 0.25) is 0 Å². The lowest BCUT2D eigenvalue weighted by Crippen LogP contribution is -2.23. The number of benzene rings is 3. The third-order valence-electron chi connectivity index (χ3n) is 6.75. The topological polar surface area (TPSA) is 114 Å². The van der Waals surface area contributed by atoms with Gasteiger partial charge in [-0.2, -0.15) is 0 Å². The summed E-state index contributed by atoms with van der Waals surface area (Å²) in [6, 6.07) is 17.0. The van der Waals surface area contributed by atoms with Crippen molar-refractivity contribution in [3.63, 3.8) is 0 Å². The Morgan fingerprint density at radius 3 is 2.60 bits per heavy atom. The van der Waals surface area contributed by atoms with E-state index in [0.717, 1.165) is 22.5 Å². The maximum Gasteiger partial charge on any atom is 0.336 e. The van der Waals surface area contributed by atoms with Crippen LogP contribution in [0.4, 0.5) is 4.39 Å². The van der Waals surface area contributed by atoms with Crippen LogP contribution in [0.5, 0.6) is 5.75 Å². The molecular weight excluding hydrogens is 575 g/mol. The highest BCUT2D eigenvalue weighted by Gasteiger charge is 2.30. The second kappa shape index (κ2) is 13.1. The molecule has 10 heteroatoms. The summed E-state index contributed by atoms with van der Waals surface area (Å²) in [5, 5.41) is 18.3. The number of nitrogens with two attached hydrogens (primary N) is 1. The van der Waals surface area contributed by atoms with Crippen molar-refractivity contribution >= 4 is 35.2 Å². The molecule has 0 bridgehead atoms. The van der Waals surface area contributed by atoms with Gasteiger partial charge in [-0.25, -0.2) is 14.2 Å². The molecule has 4 aromatic rings. The maximum atomic E-state index is 13.9. The molecule has 0 saturated carbocycles. The minimum Gasteiger partial charge on any atom is -0.495 e. The summed E-state index contributed by atoms with van der Waals surface area (Å²) in [7, 11) is 1.57. The van der Waals surface area contributed by atoms with Crippen LogP contribution < -0.4 is 10.5 Å². The fourth-order valence-corrected chi connectivity index (χ4v) is 5.51. The highest BCUT2D eigenvalue weighted by Crippen LogP contribution is 2.39. The largest absolute Gasteiger partial charge is 0.495 e. The Bertz CT molecular complexity index is 1690. The van der Waals surface area contributed by atoms with E-state index in [1.165, 1.54) is 23.9 Å². The first-order valence-electron chi connectivity index (χ1n) is 13.0. The van der Waals surface area contributed by atoms with Gasteiger partial charge in [0.15, 0.2) is 5.16 Å². The molecule has 4 rings (SSSR count). The van der Waals surface area contributed by atoms with Gasteiger partial charge in [0.05, 0.1) is 35.4 Å². The Labute approximate surface area is 253 Å². The van der Waals surface area contributed by atoms with Gasteiger partial charge in [-0.15, -0.1) is 0 Å². The summed E-state index contributed by atoms with van der Waals surface area (Å²) in [5.74, 6) is 5.37. The van der Waals surface area contributed by atoms with Gasteiger partial charge in [-0.1, -0.05) is 61.2 Å². The van der Waals surface area contributed by atoms with Crippen LogP contribution in [0.25, 0.3) is 5.69 Å². The predicted molar refractivity (Wildman–Crippen MR) is 165 cm³/mol. The number of thioether (sulfide) groups is 1. The van der Waals surface area contributed by atoms with Crippen LogP contribution in [0.15, 0.2) is 72.0 Å². The summed E-state index contributed by atoms with van der Waals surface area (Å²) < 4.78 is 21.3. The first kappa shape index (κ1) is 30.7. The van der Waals surface area contributed by atoms with Crippen molar-refractivity contribution in [3.8, 4) is 23.3 Å². The third-order valence-corrected chi connectivity index (χ3v) is 8.09. The van der Waals surface area contributed by atoms with Gasteiger partial charge in [-0.05, 0) is 59.7 Å². The molecule has 0 aliphatic rings. The van der Waals surface area contributed by atoms with Crippen molar-refractivity contribution < 1.29 is 19.0 Å². The summed E-state index contributed by atoms with van der Waals surface area (Å²) in [6.45, 7) is 4.13. The minimum absolute atomic E-state index is 0.0357. The molecule has 216 valence electrons. The van der Waals surface area contributed by atoms with Crippen molar-refractivity contribution in [3.05, 3.63) is 106 Å². The molecular formula is C32H30ClFN4O3S. The van der Waals surface area contributed by atoms with Crippen LogP contribution in [0, 0.1) is 23.1 Å². The Morgan fingerprint density at radius 2 is 1.93 bits per heavy atom. The number of carboxylic acid groups (broad SMARTS) is 1. The zero-order chi connectivity index (χ0) is 30.4. The number of carboxylic acids is 1. The lowest BCUT2D eigenvalue weighted by molar-refractivity contribution is 0.0696. The zero-order valence-electron chi connectivity index (χ0n) is 23.4. The van der Waals surface area contributed by atoms with E-state index >= 15 is 0 Å². The number of hydrogen-bond donors (Lipinski definition) is 3. The van der Waals surface area contributed by atoms with E-state index in [0.29, 0.717) is 40.1 Å². The molecule has 0 aliphatic heterocycles. The van der Waals surface area contributed by atoms with E-state index in [1.54, 1.807) is 43.6 Å². The van der Waals surface area contributed by atoms with Gasteiger partial charge >= 0.3 is 5.97 Å². The molecule has 0 unspecified atom stereocenters. The number of rotatable bonds is 10. The zero-order valence-corrected chi connectivity index (χ0v) is 24.9. The number of carbonyl (C=O) groups is 1. The second-order valence-electron chi connectivity index (χ2n) is 10.0. The number of aromatic carboxylic acids is 1. The number of aromatic nitrogens is 2. The van der Waals surface area contributed by atoms with Crippen LogP contribution in [0.2, 0.25) is 5.02 Å². The predicted octanol–water partition coefficient (Wildman–Crippen LogP) is 7.06. The van der Waals surface area contributed by atoms with Crippen LogP contribution in [-0.4, -0.2) is 33.6 Å². The molecule has 0 amide bonds. The summed E-state index contributed by atoms with van der Waals surface area (Å²) >= 11 is 7.72. The van der Waals surface area contributed by atoms with Crippen molar-refractivity contribution in [2.75, 3.05) is 7.11 Å². The third kappa shape index (κ3) is 6.96. The van der Waals surface area contributed by atoms with Crippen LogP contribution >= 0.6 is 23.4 Å². The number of ether oxygens (including phenoxy) is 1. The van der Waals surface area contributed by atoms with Gasteiger partial charge < -0.3 is 15.6 Å². The summed E-state index contributed by atoms with van der Waals surface area (Å²) in [4.78, 5) is 16.7. The maximum absolute atomic E-state index is 13.9. The van der Waals surface area contributed by atoms with Crippen LogP contribution in [0.3, 0.4) is 0 Å². The number of imidazole rings is 1. The number of hydrogen-bond acceptors (Lipinski definition) is 5. The van der Waals surface area contributed by atoms with Crippen LogP contribution in [-0.2, 0) is 11.2 Å². The molecule has 7 nitrogen and oxygen atoms in total. The highest BCUT2D eigenvalue weighted by atomic mass is 35.5. The Balaban J connectivity index is 1.69. The molecule has 0 atom stereocenters. The fourth-order valence-electron chi connectivity index (χ4n) is 4.38. The SMILES string of the molecule is COc1cc(C(C)(C)c2cnc(SCc3ccc(C#CCCC(=N)N)c(C(=O)O)c3)n2-c2ccc(F)cc2)ccc1Cl. The standard InChI is InChI=1S/C32H30ClFN4O3S/c1-32(2,22-10-15-26(33)27(17-22)41-3)28-18-37-31(38(28)24-13-11-23(34)12-14-24)42-19-20-8-9-21(25(16-20)30(39)40)6-4-5-7-29(35)36/h8-18H,5,7,19H2,1-3H3,(H3,35,36)(H,39,40). The molecule has 1 heterocycles. The van der Waals surface area contributed by atoms with E-state index in [1.807, 2.05) is 22.8 Å². The molecule has 0 spiro atoms. The number of amidine groups is 1.